The van der Waals surface area contributed by atoms with Crippen LogP contribution in [0, 0.1) is 29.1 Å². The Balaban J connectivity index is 1.83. The number of nitrogens with one attached hydrogen (secondary N) is 4. The second-order valence-electron chi connectivity index (χ2n) is 15.0. The normalized spacial score (nSPS) is 22.4. The number of ketones is 1. The van der Waals surface area contributed by atoms with Crippen molar-refractivity contribution in [2.45, 2.75) is 130 Å². The molecule has 1 saturated heterocycles. The molecule has 2 aliphatic carbocycles. The zero-order chi connectivity index (χ0) is 34.9. The minimum absolute atomic E-state index is 0.0543. The van der Waals surface area contributed by atoms with Crippen LogP contribution in [0.2, 0.25) is 0 Å². The first-order valence-corrected chi connectivity index (χ1v) is 17.6. The third-order valence-corrected chi connectivity index (χ3v) is 10.2. The summed E-state index contributed by atoms with van der Waals surface area (Å²) in [4.78, 5) is 80.2. The fraction of sp³-hybridized carbons (Fsp3) is 0.824. The maximum absolute atomic E-state index is 14.5. The summed E-state index contributed by atoms with van der Waals surface area (Å²) in [7, 11) is 0. The van der Waals surface area contributed by atoms with Gasteiger partial charge in [-0.2, -0.15) is 0 Å². The summed E-state index contributed by atoms with van der Waals surface area (Å²) < 4.78 is 5.33. The van der Waals surface area contributed by atoms with Crippen LogP contribution in [0.25, 0.3) is 0 Å². The number of hydrogen-bond acceptors (Lipinski definition) is 7. The molecule has 0 bridgehead atoms. The van der Waals surface area contributed by atoms with Crippen LogP contribution in [0.3, 0.4) is 0 Å². The van der Waals surface area contributed by atoms with E-state index in [0.29, 0.717) is 25.9 Å². The van der Waals surface area contributed by atoms with Crippen LogP contribution in [0.4, 0.5) is 9.59 Å². The van der Waals surface area contributed by atoms with Gasteiger partial charge >= 0.3 is 12.1 Å². The van der Waals surface area contributed by atoms with Crippen LogP contribution in [0.15, 0.2) is 0 Å². The number of primary amides is 1. The fourth-order valence-corrected chi connectivity index (χ4v) is 7.05. The highest BCUT2D eigenvalue weighted by Crippen LogP contribution is 2.35. The van der Waals surface area contributed by atoms with Crippen molar-refractivity contribution in [2.75, 3.05) is 19.7 Å². The fourth-order valence-electron chi connectivity index (χ4n) is 7.05. The molecular weight excluding hydrogens is 604 g/mol. The molecule has 2 saturated carbocycles. The number of amides is 6. The summed E-state index contributed by atoms with van der Waals surface area (Å²) in [6, 6.07) is -3.88. The van der Waals surface area contributed by atoms with Gasteiger partial charge in [0.1, 0.15) is 18.7 Å². The van der Waals surface area contributed by atoms with E-state index >= 15 is 0 Å². The monoisotopic (exact) mass is 662 g/mol. The lowest BCUT2D eigenvalue weighted by Crippen LogP contribution is -2.61. The van der Waals surface area contributed by atoms with Gasteiger partial charge in [-0.3, -0.25) is 19.2 Å². The van der Waals surface area contributed by atoms with Gasteiger partial charge in [0.25, 0.3) is 5.91 Å². The Kier molecular flexibility index (Phi) is 13.9. The lowest BCUT2D eigenvalue weighted by atomic mass is 9.80. The molecular formula is C34H58N6O7. The Hall–Kier alpha value is -3.38. The van der Waals surface area contributed by atoms with E-state index < -0.39 is 59.3 Å². The third kappa shape index (κ3) is 10.6. The first kappa shape index (κ1) is 38.1. The van der Waals surface area contributed by atoms with E-state index in [2.05, 4.69) is 21.3 Å². The number of alkyl carbamates (subject to hydrolysis) is 1. The Morgan fingerprint density at radius 1 is 0.894 bits per heavy atom. The minimum Gasteiger partial charge on any atom is -0.447 e. The zero-order valence-electron chi connectivity index (χ0n) is 29.2. The second kappa shape index (κ2) is 17.1. The van der Waals surface area contributed by atoms with E-state index in [1.54, 1.807) is 11.8 Å². The van der Waals surface area contributed by atoms with Crippen molar-refractivity contribution in [1.29, 1.82) is 0 Å². The molecule has 1 heterocycles. The molecule has 0 radical (unpaired) electrons. The highest BCUT2D eigenvalue weighted by molar-refractivity contribution is 6.37. The predicted molar refractivity (Wildman–Crippen MR) is 177 cm³/mol. The molecule has 13 nitrogen and oxygen atoms in total. The standard InChI is InChI=1S/C34H58N6O7/c1-7-36-33(46)47-19-25(34(4,5)6)38-32(45)39-26(22-14-9-8-10-15-22)31(44)40-17-16-23(20(2)3)27(40)30(43)37-24(28(41)29(35)42)18-21-12-11-13-21/h20-27H,7-19H2,1-6H3,(H2,35,42)(H,36,46)(H,37,43)(H2,38,39,45)/t23-,24?,25?,26?,27?/m1/s1. The van der Waals surface area contributed by atoms with Crippen molar-refractivity contribution >= 4 is 35.6 Å². The Labute approximate surface area is 279 Å². The van der Waals surface area contributed by atoms with Crippen molar-refractivity contribution < 1.29 is 33.5 Å². The van der Waals surface area contributed by atoms with Crippen molar-refractivity contribution in [3.63, 3.8) is 0 Å². The summed E-state index contributed by atoms with van der Waals surface area (Å²) in [5.41, 5.74) is 4.89. The average molecular weight is 663 g/mol. The molecule has 3 fully saturated rings. The van der Waals surface area contributed by atoms with Crippen LogP contribution in [0.5, 0.6) is 0 Å². The summed E-state index contributed by atoms with van der Waals surface area (Å²) in [6.07, 6.45) is 7.66. The molecule has 0 spiro atoms. The van der Waals surface area contributed by atoms with Crippen molar-refractivity contribution in [2.24, 2.45) is 34.8 Å². The number of urea groups is 1. The second-order valence-corrected chi connectivity index (χ2v) is 15.0. The van der Waals surface area contributed by atoms with Crippen molar-refractivity contribution in [1.82, 2.24) is 26.2 Å². The van der Waals surface area contributed by atoms with Crippen LogP contribution in [0.1, 0.15) is 106 Å². The van der Waals surface area contributed by atoms with Gasteiger partial charge < -0.3 is 36.6 Å². The molecule has 6 N–H and O–H groups in total. The quantitative estimate of drug-likeness (QED) is 0.177. The number of nitrogens with two attached hydrogens (primary N) is 1. The highest BCUT2D eigenvalue weighted by atomic mass is 16.5. The number of rotatable bonds is 14. The molecule has 1 aliphatic heterocycles. The van der Waals surface area contributed by atoms with Crippen LogP contribution in [-0.2, 0) is 23.9 Å². The number of carbonyl (C=O) groups is 6. The molecule has 3 aliphatic rings. The molecule has 0 aromatic carbocycles. The SMILES string of the molecule is CCNC(=O)OCC(NC(=O)NC(C(=O)N1CC[C@H](C(C)C)C1C(=O)NC(CC1CCC1)C(=O)C(N)=O)C1CCCCC1)C(C)(C)C. The largest absolute Gasteiger partial charge is 0.447 e. The topological polar surface area (TPSA) is 189 Å². The van der Waals surface area contributed by atoms with Gasteiger partial charge in [0.2, 0.25) is 17.6 Å². The summed E-state index contributed by atoms with van der Waals surface area (Å²) in [5, 5.41) is 11.3. The third-order valence-electron chi connectivity index (χ3n) is 10.2. The molecule has 266 valence electrons. The van der Waals surface area contributed by atoms with Crippen molar-refractivity contribution in [3.05, 3.63) is 0 Å². The number of ether oxygens (including phenoxy) is 1. The van der Waals surface area contributed by atoms with E-state index in [1.807, 2.05) is 34.6 Å². The molecule has 5 atom stereocenters. The number of carbonyl (C=O) groups excluding carboxylic acids is 6. The van der Waals surface area contributed by atoms with E-state index in [-0.39, 0.29) is 36.2 Å². The van der Waals surface area contributed by atoms with Gasteiger partial charge in [-0.25, -0.2) is 9.59 Å². The van der Waals surface area contributed by atoms with E-state index in [9.17, 15) is 28.8 Å². The number of nitrogens with zero attached hydrogens (tertiary/aromatic N) is 1. The van der Waals surface area contributed by atoms with Crippen LogP contribution in [-0.4, -0.2) is 84.4 Å². The smallest absolute Gasteiger partial charge is 0.407 e. The van der Waals surface area contributed by atoms with Gasteiger partial charge in [-0.05, 0) is 61.7 Å². The lowest BCUT2D eigenvalue weighted by molar-refractivity contribution is -0.144. The van der Waals surface area contributed by atoms with Crippen molar-refractivity contribution in [3.8, 4) is 0 Å². The average Bonchev–Trinajstić information content (AvgIpc) is 3.44. The Morgan fingerprint density at radius 2 is 1.55 bits per heavy atom. The summed E-state index contributed by atoms with van der Waals surface area (Å²) in [6.45, 7) is 12.2. The Bertz CT molecular complexity index is 1130. The van der Waals surface area contributed by atoms with Gasteiger partial charge in [0, 0.05) is 13.1 Å². The van der Waals surface area contributed by atoms with E-state index in [0.717, 1.165) is 51.4 Å². The Morgan fingerprint density at radius 3 is 2.09 bits per heavy atom. The first-order valence-electron chi connectivity index (χ1n) is 17.6. The van der Waals surface area contributed by atoms with Gasteiger partial charge in [-0.15, -0.1) is 0 Å². The predicted octanol–water partition coefficient (Wildman–Crippen LogP) is 3.00. The molecule has 0 aromatic rings. The highest BCUT2D eigenvalue weighted by Gasteiger charge is 2.47. The number of likely N-dealkylation sites (tertiary alicyclic amines) is 1. The number of Topliss-reactive ketones (excluding diaryl/α,β-unsaturated/α-hetero) is 1. The maximum Gasteiger partial charge on any atom is 0.407 e. The van der Waals surface area contributed by atoms with E-state index in [4.69, 9.17) is 10.5 Å². The van der Waals surface area contributed by atoms with Crippen LogP contribution < -0.4 is 27.0 Å². The molecule has 47 heavy (non-hydrogen) atoms. The first-order chi connectivity index (χ1) is 22.1. The van der Waals surface area contributed by atoms with Gasteiger partial charge in [0.15, 0.2) is 0 Å². The van der Waals surface area contributed by atoms with Gasteiger partial charge in [0.05, 0.1) is 12.1 Å². The maximum atomic E-state index is 14.5. The van der Waals surface area contributed by atoms with Gasteiger partial charge in [-0.1, -0.05) is 73.1 Å². The molecule has 6 amide bonds. The molecule has 13 heteroatoms. The summed E-state index contributed by atoms with van der Waals surface area (Å²) in [5.74, 6) is -2.74. The molecule has 4 unspecified atom stereocenters. The minimum atomic E-state index is -1.09. The lowest BCUT2D eigenvalue weighted by Gasteiger charge is -2.37. The zero-order valence-corrected chi connectivity index (χ0v) is 29.2. The van der Waals surface area contributed by atoms with E-state index in [1.165, 1.54) is 0 Å². The summed E-state index contributed by atoms with van der Waals surface area (Å²) >= 11 is 0. The molecule has 3 rings (SSSR count). The van der Waals surface area contributed by atoms with Crippen LogP contribution >= 0.6 is 0 Å². The number of hydrogen-bond donors (Lipinski definition) is 5. The molecule has 0 aromatic heterocycles.